The van der Waals surface area contributed by atoms with Crippen molar-refractivity contribution in [3.63, 3.8) is 0 Å². The van der Waals surface area contributed by atoms with Gasteiger partial charge in [-0.05, 0) is 110 Å². The average Bonchev–Trinajstić information content (AvgIpc) is 3.49. The molecule has 7 atom stereocenters. The molecule has 0 amide bonds. The molecule has 4 saturated carbocycles. The van der Waals surface area contributed by atoms with Crippen molar-refractivity contribution >= 4 is 0 Å². The number of aliphatic hydroxyl groups excluding tert-OH is 1. The predicted octanol–water partition coefficient (Wildman–Crippen LogP) is 7.64. The predicted molar refractivity (Wildman–Crippen MR) is 128 cm³/mol. The van der Waals surface area contributed by atoms with E-state index in [9.17, 15) is 5.11 Å². The maximum atomic E-state index is 10.3. The Kier molecular flexibility index (Phi) is 6.50. The van der Waals surface area contributed by atoms with Gasteiger partial charge in [0.15, 0.2) is 0 Å². The molecule has 0 aromatic rings. The molecule has 0 bridgehead atoms. The molecule has 4 aliphatic carbocycles. The molecule has 1 N–H and O–H groups in total. The maximum absolute atomic E-state index is 10.3. The summed E-state index contributed by atoms with van der Waals surface area (Å²) in [6.45, 7) is 14.1. The van der Waals surface area contributed by atoms with Crippen molar-refractivity contribution in [1.29, 1.82) is 0 Å². The third-order valence-corrected chi connectivity index (χ3v) is 9.22. The van der Waals surface area contributed by atoms with Crippen LogP contribution in [0.25, 0.3) is 0 Å². The molecule has 4 rings (SSSR count). The molecule has 0 aliphatic heterocycles. The van der Waals surface area contributed by atoms with Crippen LogP contribution < -0.4 is 0 Å². The molecule has 0 spiro atoms. The molecule has 1 heteroatoms. The zero-order chi connectivity index (χ0) is 21.5. The molecule has 0 unspecified atom stereocenters. The Balaban J connectivity index is 1.48. The van der Waals surface area contributed by atoms with Crippen LogP contribution in [-0.4, -0.2) is 11.2 Å². The number of fused-ring (bicyclic) bond motifs is 1. The van der Waals surface area contributed by atoms with Gasteiger partial charge in [-0.25, -0.2) is 0 Å². The minimum atomic E-state index is -0.209. The van der Waals surface area contributed by atoms with Gasteiger partial charge in [0.05, 0.1) is 6.10 Å². The van der Waals surface area contributed by atoms with Crippen molar-refractivity contribution in [2.24, 2.45) is 40.9 Å². The summed E-state index contributed by atoms with van der Waals surface area (Å²) < 4.78 is 0. The van der Waals surface area contributed by atoms with E-state index < -0.39 is 0 Å². The summed E-state index contributed by atoms with van der Waals surface area (Å²) in [6, 6.07) is 0. The molecule has 0 aromatic heterocycles. The second-order valence-electron chi connectivity index (χ2n) is 11.6. The maximum Gasteiger partial charge on any atom is 0.0749 e. The fourth-order valence-corrected chi connectivity index (χ4v) is 7.20. The van der Waals surface area contributed by atoms with Crippen LogP contribution in [0, 0.1) is 40.9 Å². The number of hydrogen-bond donors (Lipinski definition) is 1. The zero-order valence-electron chi connectivity index (χ0n) is 19.9. The summed E-state index contributed by atoms with van der Waals surface area (Å²) in [6.07, 6.45) is 20.7. The topological polar surface area (TPSA) is 20.2 Å². The molecule has 166 valence electrons. The lowest BCUT2D eigenvalue weighted by Gasteiger charge is -2.44. The Labute approximate surface area is 185 Å². The van der Waals surface area contributed by atoms with E-state index in [0.717, 1.165) is 17.8 Å². The molecule has 0 radical (unpaired) electrons. The molecule has 0 aromatic carbocycles. The van der Waals surface area contributed by atoms with Gasteiger partial charge in [-0.3, -0.25) is 0 Å². The lowest BCUT2D eigenvalue weighted by molar-refractivity contribution is 0.111. The van der Waals surface area contributed by atoms with Crippen LogP contribution in [0.5, 0.6) is 0 Å². The average molecular weight is 409 g/mol. The monoisotopic (exact) mass is 408 g/mol. The first-order valence-electron chi connectivity index (χ1n) is 12.7. The molecule has 30 heavy (non-hydrogen) atoms. The van der Waals surface area contributed by atoms with Crippen molar-refractivity contribution in [3.05, 3.63) is 47.6 Å². The minimum absolute atomic E-state index is 0.209. The van der Waals surface area contributed by atoms with E-state index in [1.165, 1.54) is 68.9 Å². The van der Waals surface area contributed by atoms with Gasteiger partial charge in [0.1, 0.15) is 0 Å². The van der Waals surface area contributed by atoms with E-state index in [1.54, 1.807) is 5.57 Å². The summed E-state index contributed by atoms with van der Waals surface area (Å²) in [5, 5.41) is 10.3. The van der Waals surface area contributed by atoms with Crippen molar-refractivity contribution in [3.8, 4) is 0 Å². The van der Waals surface area contributed by atoms with Gasteiger partial charge >= 0.3 is 0 Å². The Morgan fingerprint density at radius 3 is 2.60 bits per heavy atom. The first-order chi connectivity index (χ1) is 14.3. The highest BCUT2D eigenvalue weighted by Crippen LogP contribution is 2.59. The smallest absolute Gasteiger partial charge is 0.0749 e. The van der Waals surface area contributed by atoms with Crippen LogP contribution in [0.15, 0.2) is 47.6 Å². The van der Waals surface area contributed by atoms with Gasteiger partial charge in [-0.2, -0.15) is 0 Å². The van der Waals surface area contributed by atoms with Gasteiger partial charge in [-0.15, -0.1) is 0 Å². The Hall–Kier alpha value is -1.08. The quantitative estimate of drug-likeness (QED) is 0.463. The fourth-order valence-electron chi connectivity index (χ4n) is 7.20. The first-order valence-corrected chi connectivity index (χ1v) is 12.7. The van der Waals surface area contributed by atoms with Crippen molar-refractivity contribution in [2.45, 2.75) is 91.6 Å². The molecule has 4 fully saturated rings. The lowest BCUT2D eigenvalue weighted by atomic mass is 9.61. The summed E-state index contributed by atoms with van der Waals surface area (Å²) >= 11 is 0. The Bertz CT molecular complexity index is 735. The molecule has 0 saturated heterocycles. The third-order valence-electron chi connectivity index (χ3n) is 9.22. The van der Waals surface area contributed by atoms with Crippen molar-refractivity contribution < 1.29 is 5.11 Å². The van der Waals surface area contributed by atoms with E-state index >= 15 is 0 Å². The summed E-state index contributed by atoms with van der Waals surface area (Å²) in [7, 11) is 0. The first kappa shape index (κ1) is 22.1. The molecule has 4 aliphatic rings. The fraction of sp³-hybridized carbons (Fsp3) is 0.724. The zero-order valence-corrected chi connectivity index (χ0v) is 19.9. The Morgan fingerprint density at radius 1 is 1.10 bits per heavy atom. The van der Waals surface area contributed by atoms with Gasteiger partial charge in [0.25, 0.3) is 0 Å². The normalized spacial score (nSPS) is 42.1. The Morgan fingerprint density at radius 2 is 1.87 bits per heavy atom. The van der Waals surface area contributed by atoms with Crippen LogP contribution in [0.1, 0.15) is 85.5 Å². The van der Waals surface area contributed by atoms with E-state index in [4.69, 9.17) is 0 Å². The van der Waals surface area contributed by atoms with E-state index in [0.29, 0.717) is 23.2 Å². The van der Waals surface area contributed by atoms with Crippen LogP contribution in [-0.2, 0) is 0 Å². The van der Waals surface area contributed by atoms with Gasteiger partial charge in [-0.1, -0.05) is 64.2 Å². The molecule has 1 nitrogen and oxygen atoms in total. The van der Waals surface area contributed by atoms with Crippen LogP contribution in [0.2, 0.25) is 0 Å². The summed E-state index contributed by atoms with van der Waals surface area (Å²) in [5.74, 6) is 3.99. The molecule has 0 heterocycles. The summed E-state index contributed by atoms with van der Waals surface area (Å²) in [4.78, 5) is 0. The third kappa shape index (κ3) is 4.43. The number of rotatable bonds is 5. The highest BCUT2D eigenvalue weighted by molar-refractivity contribution is 5.37. The largest absolute Gasteiger partial charge is 0.389 e. The van der Waals surface area contributed by atoms with Gasteiger partial charge < -0.3 is 5.11 Å². The second-order valence-corrected chi connectivity index (χ2v) is 11.6. The lowest BCUT2D eigenvalue weighted by Crippen LogP contribution is -2.35. The highest BCUT2D eigenvalue weighted by atomic mass is 16.3. The van der Waals surface area contributed by atoms with E-state index in [1.807, 2.05) is 0 Å². The van der Waals surface area contributed by atoms with E-state index in [2.05, 4.69) is 58.6 Å². The van der Waals surface area contributed by atoms with Crippen molar-refractivity contribution in [1.82, 2.24) is 0 Å². The highest BCUT2D eigenvalue weighted by Gasteiger charge is 2.50. The number of allylic oxidation sites excluding steroid dienone is 6. The van der Waals surface area contributed by atoms with Crippen LogP contribution in [0.4, 0.5) is 0 Å². The molecular formula is C29H44O. The van der Waals surface area contributed by atoms with Gasteiger partial charge in [0.2, 0.25) is 0 Å². The van der Waals surface area contributed by atoms with Crippen molar-refractivity contribution in [2.75, 3.05) is 0 Å². The SMILES string of the molecule is C=C1/C(=C/C=C2\CCC[C@@]3(C)[C@H]2CC[C@H]3[C@H](C)/C=C/[C@@H](O)C2CC2)C[C@@H](C)C[C@@H]1C. The van der Waals surface area contributed by atoms with E-state index in [-0.39, 0.29) is 6.10 Å². The minimum Gasteiger partial charge on any atom is -0.389 e. The second kappa shape index (κ2) is 8.81. The van der Waals surface area contributed by atoms with Crippen LogP contribution >= 0.6 is 0 Å². The number of hydrogen-bond acceptors (Lipinski definition) is 1. The standard InChI is InChI=1S/C29H44O/c1-19-17-21(3)22(4)25(18-19)12-9-23-7-6-16-29(5)26(13-14-27(23)29)20(2)8-15-28(30)24-10-11-24/h8-9,12,15,19-21,24,26-28,30H,4,6-7,10-11,13-14,16-18H2,1-3,5H3/b15-8+,23-9+,25-12+/t19-,20+,21-,26-,27-,28+,29+/m0/s1. The van der Waals surface area contributed by atoms with Gasteiger partial charge in [0, 0.05) is 0 Å². The number of aliphatic hydroxyl groups is 1. The summed E-state index contributed by atoms with van der Waals surface area (Å²) in [5.41, 5.74) is 4.99. The molecular weight excluding hydrogens is 364 g/mol. The van der Waals surface area contributed by atoms with Crippen LogP contribution in [0.3, 0.4) is 0 Å².